The maximum absolute atomic E-state index is 12.0. The third-order valence-corrected chi connectivity index (χ3v) is 3.43. The van der Waals surface area contributed by atoms with E-state index in [1.807, 2.05) is 13.8 Å². The molecule has 2 amide bonds. The summed E-state index contributed by atoms with van der Waals surface area (Å²) >= 11 is 0. The van der Waals surface area contributed by atoms with Gasteiger partial charge in [0.05, 0.1) is 17.8 Å². The summed E-state index contributed by atoms with van der Waals surface area (Å²) in [4.78, 5) is 24.6. The Morgan fingerprint density at radius 3 is 2.79 bits per heavy atom. The Hall–Kier alpha value is -2.05. The smallest absolute Gasteiger partial charge is 0.321 e. The highest BCUT2D eigenvalue weighted by Gasteiger charge is 2.36. The van der Waals surface area contributed by atoms with Gasteiger partial charge in [-0.2, -0.15) is 5.10 Å². The molecule has 0 saturated carbocycles. The standard InChI is InChI=1S/C12H18N4O3/c1-3-16-6-9(4-13-16)14-12(19)15-5-8(2)10(7-15)11(17)18/h4,6,8,10H,3,5,7H2,1-2H3,(H,14,19)(H,17,18)/t8-,10-/m1/s1. The summed E-state index contributed by atoms with van der Waals surface area (Å²) in [5.41, 5.74) is 0.623. The number of amides is 2. The summed E-state index contributed by atoms with van der Waals surface area (Å²) in [6.07, 6.45) is 3.32. The van der Waals surface area contributed by atoms with Crippen LogP contribution in [0.15, 0.2) is 12.4 Å². The van der Waals surface area contributed by atoms with Crippen molar-refractivity contribution in [1.82, 2.24) is 14.7 Å². The first kappa shape index (κ1) is 13.4. The van der Waals surface area contributed by atoms with E-state index in [1.165, 1.54) is 4.90 Å². The first-order chi connectivity index (χ1) is 9.01. The summed E-state index contributed by atoms with van der Waals surface area (Å²) in [6, 6.07) is -0.272. The van der Waals surface area contributed by atoms with Crippen LogP contribution in [0.3, 0.4) is 0 Å². The van der Waals surface area contributed by atoms with E-state index in [1.54, 1.807) is 17.1 Å². The molecule has 104 valence electrons. The molecule has 2 N–H and O–H groups in total. The number of carbonyl (C=O) groups excluding carboxylic acids is 1. The number of anilines is 1. The second-order valence-electron chi connectivity index (χ2n) is 4.84. The van der Waals surface area contributed by atoms with Gasteiger partial charge in [-0.05, 0) is 12.8 Å². The average Bonchev–Trinajstić information content (AvgIpc) is 2.95. The molecular formula is C12H18N4O3. The van der Waals surface area contributed by atoms with Crippen LogP contribution in [0.4, 0.5) is 10.5 Å². The number of carbonyl (C=O) groups is 2. The first-order valence-electron chi connectivity index (χ1n) is 6.32. The van der Waals surface area contributed by atoms with E-state index in [4.69, 9.17) is 5.11 Å². The van der Waals surface area contributed by atoms with Crippen LogP contribution in [-0.2, 0) is 11.3 Å². The van der Waals surface area contributed by atoms with Gasteiger partial charge >= 0.3 is 12.0 Å². The van der Waals surface area contributed by atoms with Crippen molar-refractivity contribution in [3.05, 3.63) is 12.4 Å². The van der Waals surface area contributed by atoms with E-state index in [9.17, 15) is 9.59 Å². The summed E-state index contributed by atoms with van der Waals surface area (Å²) < 4.78 is 1.71. The zero-order valence-electron chi connectivity index (χ0n) is 11.0. The Kier molecular flexibility index (Phi) is 3.73. The highest BCUT2D eigenvalue weighted by atomic mass is 16.4. The number of hydrogen-bond donors (Lipinski definition) is 2. The zero-order valence-corrected chi connectivity index (χ0v) is 11.0. The van der Waals surface area contributed by atoms with E-state index < -0.39 is 11.9 Å². The average molecular weight is 266 g/mol. The summed E-state index contributed by atoms with van der Waals surface area (Å²) in [5, 5.41) is 15.8. The normalized spacial score (nSPS) is 22.5. The van der Waals surface area contributed by atoms with Gasteiger partial charge in [0, 0.05) is 25.8 Å². The lowest BCUT2D eigenvalue weighted by Crippen LogP contribution is -2.33. The summed E-state index contributed by atoms with van der Waals surface area (Å²) in [5.74, 6) is -1.35. The zero-order chi connectivity index (χ0) is 14.0. The van der Waals surface area contributed by atoms with Crippen molar-refractivity contribution in [2.45, 2.75) is 20.4 Å². The van der Waals surface area contributed by atoms with E-state index >= 15 is 0 Å². The molecule has 19 heavy (non-hydrogen) atoms. The van der Waals surface area contributed by atoms with Crippen LogP contribution < -0.4 is 5.32 Å². The molecule has 0 unspecified atom stereocenters. The number of likely N-dealkylation sites (tertiary alicyclic amines) is 1. The maximum Gasteiger partial charge on any atom is 0.321 e. The van der Waals surface area contributed by atoms with Gasteiger partial charge in [0.25, 0.3) is 0 Å². The highest BCUT2D eigenvalue weighted by molar-refractivity contribution is 5.89. The third-order valence-electron chi connectivity index (χ3n) is 3.43. The molecule has 0 aromatic carbocycles. The summed E-state index contributed by atoms with van der Waals surface area (Å²) in [7, 11) is 0. The molecule has 1 aliphatic heterocycles. The van der Waals surface area contributed by atoms with Crippen molar-refractivity contribution in [1.29, 1.82) is 0 Å². The Morgan fingerprint density at radius 1 is 1.53 bits per heavy atom. The van der Waals surface area contributed by atoms with Crippen molar-refractivity contribution in [2.24, 2.45) is 11.8 Å². The number of carboxylic acid groups (broad SMARTS) is 1. The molecule has 0 radical (unpaired) electrons. The largest absolute Gasteiger partial charge is 0.481 e. The molecule has 7 heteroatoms. The molecule has 2 rings (SSSR count). The molecule has 0 bridgehead atoms. The number of aliphatic carboxylic acids is 1. The molecule has 1 aromatic rings. The van der Waals surface area contributed by atoms with Crippen molar-refractivity contribution in [3.8, 4) is 0 Å². The molecule has 1 aromatic heterocycles. The van der Waals surface area contributed by atoms with Crippen LogP contribution in [0.2, 0.25) is 0 Å². The minimum atomic E-state index is -0.846. The SMILES string of the molecule is CCn1cc(NC(=O)N2C[C@@H](C)[C@H](C(=O)O)C2)cn1. The Labute approximate surface area is 111 Å². The lowest BCUT2D eigenvalue weighted by Gasteiger charge is -2.15. The third kappa shape index (κ3) is 2.86. The van der Waals surface area contributed by atoms with Crippen LogP contribution in [0, 0.1) is 11.8 Å². The molecule has 2 atom stereocenters. The van der Waals surface area contributed by atoms with Crippen LogP contribution in [-0.4, -0.2) is 44.9 Å². The van der Waals surface area contributed by atoms with E-state index in [0.29, 0.717) is 12.2 Å². The number of nitrogens with zero attached hydrogens (tertiary/aromatic N) is 3. The van der Waals surface area contributed by atoms with Gasteiger partial charge in [-0.15, -0.1) is 0 Å². The number of aromatic nitrogens is 2. The predicted molar refractivity (Wildman–Crippen MR) is 68.8 cm³/mol. The number of urea groups is 1. The number of nitrogens with one attached hydrogen (secondary N) is 1. The van der Waals surface area contributed by atoms with Crippen LogP contribution in [0.5, 0.6) is 0 Å². The fourth-order valence-electron chi connectivity index (χ4n) is 2.26. The fraction of sp³-hybridized carbons (Fsp3) is 0.583. The van der Waals surface area contributed by atoms with Gasteiger partial charge in [-0.25, -0.2) is 4.79 Å². The molecule has 1 fully saturated rings. The van der Waals surface area contributed by atoms with Gasteiger partial charge in [-0.1, -0.05) is 6.92 Å². The van der Waals surface area contributed by atoms with E-state index in [0.717, 1.165) is 6.54 Å². The number of aryl methyl sites for hydroxylation is 1. The number of carboxylic acids is 1. The molecular weight excluding hydrogens is 248 g/mol. The molecule has 0 aliphatic carbocycles. The second kappa shape index (κ2) is 5.29. The summed E-state index contributed by atoms with van der Waals surface area (Å²) in [6.45, 7) is 5.26. The van der Waals surface area contributed by atoms with Gasteiger partial charge in [0.15, 0.2) is 0 Å². The topological polar surface area (TPSA) is 87.5 Å². The van der Waals surface area contributed by atoms with Gasteiger partial charge in [-0.3, -0.25) is 9.48 Å². The Balaban J connectivity index is 1.96. The molecule has 1 aliphatic rings. The van der Waals surface area contributed by atoms with Crippen molar-refractivity contribution < 1.29 is 14.7 Å². The first-order valence-corrected chi connectivity index (χ1v) is 6.32. The van der Waals surface area contributed by atoms with Gasteiger partial charge in [0.1, 0.15) is 0 Å². The monoisotopic (exact) mass is 266 g/mol. The fourth-order valence-corrected chi connectivity index (χ4v) is 2.26. The Morgan fingerprint density at radius 2 is 2.26 bits per heavy atom. The van der Waals surface area contributed by atoms with E-state index in [2.05, 4.69) is 10.4 Å². The van der Waals surface area contributed by atoms with Gasteiger partial charge < -0.3 is 15.3 Å². The van der Waals surface area contributed by atoms with Crippen molar-refractivity contribution in [2.75, 3.05) is 18.4 Å². The van der Waals surface area contributed by atoms with Crippen LogP contribution in [0.25, 0.3) is 0 Å². The van der Waals surface area contributed by atoms with Crippen molar-refractivity contribution in [3.63, 3.8) is 0 Å². The van der Waals surface area contributed by atoms with E-state index in [-0.39, 0.29) is 18.5 Å². The van der Waals surface area contributed by atoms with Crippen molar-refractivity contribution >= 4 is 17.7 Å². The predicted octanol–water partition coefficient (Wildman–Crippen LogP) is 1.09. The number of hydrogen-bond acceptors (Lipinski definition) is 3. The van der Waals surface area contributed by atoms with Gasteiger partial charge in [0.2, 0.25) is 0 Å². The number of rotatable bonds is 3. The van der Waals surface area contributed by atoms with Crippen LogP contribution >= 0.6 is 0 Å². The lowest BCUT2D eigenvalue weighted by molar-refractivity contribution is -0.142. The quantitative estimate of drug-likeness (QED) is 0.857. The maximum atomic E-state index is 12.0. The molecule has 0 spiro atoms. The second-order valence-corrected chi connectivity index (χ2v) is 4.84. The minimum absolute atomic E-state index is 0.0263. The van der Waals surface area contributed by atoms with Crippen LogP contribution in [0.1, 0.15) is 13.8 Å². The highest BCUT2D eigenvalue weighted by Crippen LogP contribution is 2.23. The minimum Gasteiger partial charge on any atom is -0.481 e. The molecule has 2 heterocycles. The Bertz CT molecular complexity index is 485. The molecule has 1 saturated heterocycles. The lowest BCUT2D eigenvalue weighted by atomic mass is 9.99. The molecule has 7 nitrogen and oxygen atoms in total.